The van der Waals surface area contributed by atoms with Gasteiger partial charge in [-0.05, 0) is 31.2 Å². The Bertz CT molecular complexity index is 560. The molecule has 21 heavy (non-hydrogen) atoms. The summed E-state index contributed by atoms with van der Waals surface area (Å²) in [5, 5.41) is 3.13. The van der Waals surface area contributed by atoms with Gasteiger partial charge in [0.05, 0.1) is 4.90 Å². The standard InChI is InChI=1S/C15H25N3O2S/c1-3-5-13-7-10-18(12-13)21(19,20)14-6-9-17-15(11-14)16-8-4-2/h6,9,11,13H,3-5,7-8,10,12H2,1-2H3,(H,16,17). The molecule has 0 saturated carbocycles. The first-order valence-corrected chi connectivity index (χ1v) is 9.22. The number of anilines is 1. The van der Waals surface area contributed by atoms with E-state index in [9.17, 15) is 8.42 Å². The molecule has 2 rings (SSSR count). The highest BCUT2D eigenvalue weighted by Crippen LogP contribution is 2.27. The van der Waals surface area contributed by atoms with Crippen LogP contribution >= 0.6 is 0 Å². The molecule has 118 valence electrons. The quantitative estimate of drug-likeness (QED) is 0.841. The third-order valence-corrected chi connectivity index (χ3v) is 5.73. The fourth-order valence-corrected chi connectivity index (χ4v) is 4.27. The number of nitrogens with zero attached hydrogens (tertiary/aromatic N) is 2. The molecule has 0 spiro atoms. The summed E-state index contributed by atoms with van der Waals surface area (Å²) >= 11 is 0. The first-order chi connectivity index (χ1) is 10.1. The molecular formula is C15H25N3O2S. The molecule has 0 radical (unpaired) electrons. The van der Waals surface area contributed by atoms with Gasteiger partial charge in [-0.3, -0.25) is 0 Å². The van der Waals surface area contributed by atoms with Gasteiger partial charge in [-0.25, -0.2) is 13.4 Å². The van der Waals surface area contributed by atoms with E-state index >= 15 is 0 Å². The molecule has 0 amide bonds. The minimum absolute atomic E-state index is 0.341. The number of rotatable bonds is 7. The molecule has 1 aliphatic rings. The summed E-state index contributed by atoms with van der Waals surface area (Å²) in [7, 11) is -3.38. The van der Waals surface area contributed by atoms with E-state index in [4.69, 9.17) is 0 Å². The SMILES string of the molecule is CCCNc1cc(S(=O)(=O)N2CCC(CCC)C2)ccn1. The molecule has 0 aromatic carbocycles. The van der Waals surface area contributed by atoms with E-state index in [1.54, 1.807) is 22.6 Å². The van der Waals surface area contributed by atoms with E-state index in [1.807, 2.05) is 0 Å². The van der Waals surface area contributed by atoms with Gasteiger partial charge in [0.2, 0.25) is 10.0 Å². The van der Waals surface area contributed by atoms with Crippen molar-refractivity contribution < 1.29 is 8.42 Å². The van der Waals surface area contributed by atoms with Gasteiger partial charge in [0.15, 0.2) is 0 Å². The van der Waals surface area contributed by atoms with Crippen molar-refractivity contribution in [3.05, 3.63) is 18.3 Å². The number of pyridine rings is 1. The van der Waals surface area contributed by atoms with Crippen molar-refractivity contribution >= 4 is 15.8 Å². The highest BCUT2D eigenvalue weighted by Gasteiger charge is 2.32. The van der Waals surface area contributed by atoms with Crippen LogP contribution in [0.2, 0.25) is 0 Å². The largest absolute Gasteiger partial charge is 0.370 e. The summed E-state index contributed by atoms with van der Waals surface area (Å²) < 4.78 is 27.0. The molecule has 1 aromatic rings. The van der Waals surface area contributed by atoms with Crippen LogP contribution in [0, 0.1) is 5.92 Å². The maximum atomic E-state index is 12.7. The summed E-state index contributed by atoms with van der Waals surface area (Å²) in [6, 6.07) is 3.22. The molecule has 0 aliphatic carbocycles. The second kappa shape index (κ2) is 7.22. The molecule has 2 heterocycles. The Morgan fingerprint density at radius 3 is 2.90 bits per heavy atom. The molecular weight excluding hydrogens is 286 g/mol. The second-order valence-electron chi connectivity index (χ2n) is 5.61. The van der Waals surface area contributed by atoms with E-state index in [0.29, 0.717) is 29.7 Å². The molecule has 1 unspecified atom stereocenters. The van der Waals surface area contributed by atoms with Gasteiger partial charge >= 0.3 is 0 Å². The maximum absolute atomic E-state index is 12.7. The number of aromatic nitrogens is 1. The Kier molecular flexibility index (Phi) is 5.58. The van der Waals surface area contributed by atoms with Crippen molar-refractivity contribution in [3.8, 4) is 0 Å². The second-order valence-corrected chi connectivity index (χ2v) is 7.55. The molecule has 1 fully saturated rings. The lowest BCUT2D eigenvalue weighted by Crippen LogP contribution is -2.29. The van der Waals surface area contributed by atoms with Gasteiger partial charge in [-0.15, -0.1) is 0 Å². The van der Waals surface area contributed by atoms with E-state index < -0.39 is 10.0 Å². The summed E-state index contributed by atoms with van der Waals surface area (Å²) in [6.45, 7) is 6.28. The Morgan fingerprint density at radius 2 is 2.19 bits per heavy atom. The number of nitrogens with one attached hydrogen (secondary N) is 1. The maximum Gasteiger partial charge on any atom is 0.243 e. The zero-order valence-electron chi connectivity index (χ0n) is 12.9. The van der Waals surface area contributed by atoms with Gasteiger partial charge < -0.3 is 5.32 Å². The van der Waals surface area contributed by atoms with Crippen LogP contribution in [0.1, 0.15) is 39.5 Å². The van der Waals surface area contributed by atoms with Gasteiger partial charge in [0.25, 0.3) is 0 Å². The molecule has 5 nitrogen and oxygen atoms in total. The van der Waals surface area contributed by atoms with E-state index in [1.165, 1.54) is 0 Å². The zero-order chi connectivity index (χ0) is 15.3. The van der Waals surface area contributed by atoms with Crippen LogP contribution in [0.4, 0.5) is 5.82 Å². The smallest absolute Gasteiger partial charge is 0.243 e. The average molecular weight is 311 g/mol. The number of hydrogen-bond acceptors (Lipinski definition) is 4. The number of hydrogen-bond donors (Lipinski definition) is 1. The van der Waals surface area contributed by atoms with E-state index in [2.05, 4.69) is 24.1 Å². The zero-order valence-corrected chi connectivity index (χ0v) is 13.7. The average Bonchev–Trinajstić information content (AvgIpc) is 2.95. The highest BCUT2D eigenvalue weighted by molar-refractivity contribution is 7.89. The van der Waals surface area contributed by atoms with Crippen molar-refractivity contribution in [2.24, 2.45) is 5.92 Å². The summed E-state index contributed by atoms with van der Waals surface area (Å²) in [4.78, 5) is 4.51. The lowest BCUT2D eigenvalue weighted by Gasteiger charge is -2.17. The summed E-state index contributed by atoms with van der Waals surface area (Å²) in [5.41, 5.74) is 0. The van der Waals surface area contributed by atoms with Crippen LogP contribution in [0.15, 0.2) is 23.2 Å². The Morgan fingerprint density at radius 1 is 1.38 bits per heavy atom. The normalized spacial score (nSPS) is 19.8. The van der Waals surface area contributed by atoms with Crippen molar-refractivity contribution in [1.29, 1.82) is 0 Å². The van der Waals surface area contributed by atoms with E-state index in [0.717, 1.165) is 32.2 Å². The Balaban J connectivity index is 2.12. The van der Waals surface area contributed by atoms with Gasteiger partial charge in [0.1, 0.15) is 5.82 Å². The van der Waals surface area contributed by atoms with Crippen LogP contribution < -0.4 is 5.32 Å². The fourth-order valence-electron chi connectivity index (χ4n) is 2.73. The third kappa shape index (κ3) is 3.95. The van der Waals surface area contributed by atoms with Crippen molar-refractivity contribution in [3.63, 3.8) is 0 Å². The molecule has 1 saturated heterocycles. The summed E-state index contributed by atoms with van der Waals surface area (Å²) in [5.74, 6) is 1.13. The fraction of sp³-hybridized carbons (Fsp3) is 0.667. The summed E-state index contributed by atoms with van der Waals surface area (Å²) in [6.07, 6.45) is 5.72. The van der Waals surface area contributed by atoms with Crippen LogP contribution in [0.25, 0.3) is 0 Å². The molecule has 1 atom stereocenters. The van der Waals surface area contributed by atoms with Crippen molar-refractivity contribution in [2.75, 3.05) is 25.0 Å². The minimum atomic E-state index is -3.38. The van der Waals surface area contributed by atoms with Crippen molar-refractivity contribution in [2.45, 2.75) is 44.4 Å². The lowest BCUT2D eigenvalue weighted by atomic mass is 10.0. The van der Waals surface area contributed by atoms with Crippen LogP contribution in [0.5, 0.6) is 0 Å². The molecule has 1 N–H and O–H groups in total. The van der Waals surface area contributed by atoms with Gasteiger partial charge in [-0.1, -0.05) is 20.3 Å². The van der Waals surface area contributed by atoms with Crippen LogP contribution in [0.3, 0.4) is 0 Å². The van der Waals surface area contributed by atoms with Gasteiger partial charge in [0, 0.05) is 31.9 Å². The molecule has 1 aromatic heterocycles. The monoisotopic (exact) mass is 311 g/mol. The molecule has 0 bridgehead atoms. The first kappa shape index (κ1) is 16.2. The predicted molar refractivity (Wildman–Crippen MR) is 84.8 cm³/mol. The van der Waals surface area contributed by atoms with Gasteiger partial charge in [-0.2, -0.15) is 4.31 Å². The first-order valence-electron chi connectivity index (χ1n) is 7.78. The third-order valence-electron chi connectivity index (χ3n) is 3.87. The Hall–Kier alpha value is -1.14. The highest BCUT2D eigenvalue weighted by atomic mass is 32.2. The van der Waals surface area contributed by atoms with Crippen molar-refractivity contribution in [1.82, 2.24) is 9.29 Å². The predicted octanol–water partition coefficient (Wildman–Crippen LogP) is 2.71. The molecule has 6 heteroatoms. The minimum Gasteiger partial charge on any atom is -0.370 e. The lowest BCUT2D eigenvalue weighted by molar-refractivity contribution is 0.444. The molecule has 1 aliphatic heterocycles. The Labute approximate surface area is 127 Å². The van der Waals surface area contributed by atoms with E-state index in [-0.39, 0.29) is 0 Å². The van der Waals surface area contributed by atoms with Crippen LogP contribution in [-0.2, 0) is 10.0 Å². The number of sulfonamides is 1. The van der Waals surface area contributed by atoms with Crippen LogP contribution in [-0.4, -0.2) is 37.3 Å². The topological polar surface area (TPSA) is 62.3 Å².